The number of thiophene rings is 1. The molecule has 2 aromatic heterocycles. The molecule has 0 aromatic carbocycles. The van der Waals surface area contributed by atoms with Crippen molar-refractivity contribution in [3.63, 3.8) is 0 Å². The number of aromatic nitrogens is 1. The van der Waals surface area contributed by atoms with Crippen molar-refractivity contribution in [3.05, 3.63) is 52.0 Å². The molecule has 2 aromatic rings. The van der Waals surface area contributed by atoms with E-state index in [9.17, 15) is 14.4 Å². The Morgan fingerprint density at radius 1 is 1.14 bits per heavy atom. The van der Waals surface area contributed by atoms with E-state index >= 15 is 0 Å². The van der Waals surface area contributed by atoms with E-state index in [1.165, 1.54) is 41.9 Å². The van der Waals surface area contributed by atoms with Crippen LogP contribution in [-0.2, 0) is 9.59 Å². The Bertz CT molecular complexity index is 795. The first-order valence-electron chi connectivity index (χ1n) is 6.44. The van der Waals surface area contributed by atoms with Gasteiger partial charge in [-0.1, -0.05) is 0 Å². The van der Waals surface area contributed by atoms with Crippen LogP contribution in [0.25, 0.3) is 6.08 Å². The number of hydrogen-bond acceptors (Lipinski definition) is 5. The molecule has 3 rings (SSSR count). The van der Waals surface area contributed by atoms with Crippen molar-refractivity contribution in [2.75, 3.05) is 4.90 Å². The molecule has 1 fully saturated rings. The number of carbonyl (C=O) groups excluding carboxylic acids is 3. The first-order chi connectivity index (χ1) is 10.6. The molecule has 1 aliphatic rings. The first kappa shape index (κ1) is 14.2. The fraction of sp³-hybridized carbons (Fsp3) is 0.0667. The van der Waals surface area contributed by atoms with E-state index in [1.807, 2.05) is 19.1 Å². The molecule has 0 bridgehead atoms. The molecule has 6 nitrogen and oxygen atoms in total. The molecule has 0 atom stereocenters. The number of anilines is 1. The van der Waals surface area contributed by atoms with Gasteiger partial charge in [0.05, 0.1) is 5.69 Å². The van der Waals surface area contributed by atoms with Crippen LogP contribution in [0.1, 0.15) is 9.75 Å². The topological polar surface area (TPSA) is 79.4 Å². The fourth-order valence-corrected chi connectivity index (χ4v) is 2.88. The standard InChI is InChI=1S/C15H11N3O3S/c1-9-2-3-11(22-9)8-12-13(19)17-15(21)18(14(12)20)10-4-6-16-7-5-10/h2-8H,1H3,(H,17,19,21)/b12-8+. The van der Waals surface area contributed by atoms with Crippen molar-refractivity contribution >= 4 is 40.9 Å². The van der Waals surface area contributed by atoms with Gasteiger partial charge in [0.25, 0.3) is 11.8 Å². The van der Waals surface area contributed by atoms with Gasteiger partial charge in [-0.05, 0) is 37.3 Å². The van der Waals surface area contributed by atoms with Crippen molar-refractivity contribution in [3.8, 4) is 0 Å². The quantitative estimate of drug-likeness (QED) is 0.680. The first-order valence-corrected chi connectivity index (χ1v) is 7.26. The molecule has 0 radical (unpaired) electrons. The number of amides is 4. The van der Waals surface area contributed by atoms with E-state index in [1.54, 1.807) is 0 Å². The second-order valence-corrected chi connectivity index (χ2v) is 5.93. The van der Waals surface area contributed by atoms with Crippen LogP contribution < -0.4 is 10.2 Å². The molecule has 0 spiro atoms. The summed E-state index contributed by atoms with van der Waals surface area (Å²) in [5.74, 6) is -1.34. The minimum absolute atomic E-state index is 0.0711. The maximum atomic E-state index is 12.5. The smallest absolute Gasteiger partial charge is 0.273 e. The lowest BCUT2D eigenvalue weighted by atomic mass is 10.1. The van der Waals surface area contributed by atoms with Gasteiger partial charge in [0.2, 0.25) is 0 Å². The molecule has 0 aliphatic carbocycles. The summed E-state index contributed by atoms with van der Waals surface area (Å²) in [6.07, 6.45) is 4.44. The fourth-order valence-electron chi connectivity index (χ4n) is 2.06. The average molecular weight is 313 g/mol. The summed E-state index contributed by atoms with van der Waals surface area (Å²) in [7, 11) is 0. The molecule has 7 heteroatoms. The molecule has 1 saturated heterocycles. The highest BCUT2D eigenvalue weighted by atomic mass is 32.1. The summed E-state index contributed by atoms with van der Waals surface area (Å²) in [5.41, 5.74) is 0.288. The van der Waals surface area contributed by atoms with Crippen molar-refractivity contribution in [2.24, 2.45) is 0 Å². The van der Waals surface area contributed by atoms with Gasteiger partial charge < -0.3 is 0 Å². The summed E-state index contributed by atoms with van der Waals surface area (Å²) in [5, 5.41) is 2.18. The summed E-state index contributed by atoms with van der Waals surface area (Å²) in [6.45, 7) is 1.93. The Hall–Kier alpha value is -2.80. The van der Waals surface area contributed by atoms with Crippen molar-refractivity contribution in [1.29, 1.82) is 0 Å². The Balaban J connectivity index is 2.01. The summed E-state index contributed by atoms with van der Waals surface area (Å²) in [4.78, 5) is 43.0. The van der Waals surface area contributed by atoms with E-state index in [0.717, 1.165) is 14.7 Å². The molecule has 22 heavy (non-hydrogen) atoms. The zero-order valence-corrected chi connectivity index (χ0v) is 12.4. The van der Waals surface area contributed by atoms with Gasteiger partial charge in [-0.25, -0.2) is 9.69 Å². The lowest BCUT2D eigenvalue weighted by Gasteiger charge is -2.26. The number of hydrogen-bond donors (Lipinski definition) is 1. The van der Waals surface area contributed by atoms with Crippen LogP contribution in [0, 0.1) is 6.92 Å². The Kier molecular flexibility index (Phi) is 3.56. The summed E-state index contributed by atoms with van der Waals surface area (Å²) < 4.78 is 0. The third-order valence-electron chi connectivity index (χ3n) is 3.07. The van der Waals surface area contributed by atoms with E-state index in [0.29, 0.717) is 5.69 Å². The number of nitrogens with zero attached hydrogens (tertiary/aromatic N) is 2. The van der Waals surface area contributed by atoms with Crippen LogP contribution in [0.4, 0.5) is 10.5 Å². The molecule has 110 valence electrons. The molecule has 1 N–H and O–H groups in total. The summed E-state index contributed by atoms with van der Waals surface area (Å²) >= 11 is 1.46. The number of rotatable bonds is 2. The average Bonchev–Trinajstić information content (AvgIpc) is 2.90. The van der Waals surface area contributed by atoms with Crippen LogP contribution in [0.5, 0.6) is 0 Å². The van der Waals surface area contributed by atoms with E-state index in [-0.39, 0.29) is 5.57 Å². The number of urea groups is 1. The van der Waals surface area contributed by atoms with E-state index in [2.05, 4.69) is 10.3 Å². The van der Waals surface area contributed by atoms with Gasteiger partial charge >= 0.3 is 6.03 Å². The number of barbiturate groups is 1. The zero-order valence-electron chi connectivity index (χ0n) is 11.6. The predicted octanol–water partition coefficient (Wildman–Crippen LogP) is 2.12. The number of pyridine rings is 1. The Labute approximate surface area is 130 Å². The highest BCUT2D eigenvalue weighted by Crippen LogP contribution is 2.23. The monoisotopic (exact) mass is 313 g/mol. The highest BCUT2D eigenvalue weighted by molar-refractivity contribution is 7.12. The minimum atomic E-state index is -0.763. The maximum absolute atomic E-state index is 12.5. The van der Waals surface area contributed by atoms with Crippen LogP contribution in [0.15, 0.2) is 42.2 Å². The van der Waals surface area contributed by atoms with Crippen LogP contribution in [0.2, 0.25) is 0 Å². The molecule has 3 heterocycles. The largest absolute Gasteiger partial charge is 0.335 e. The Morgan fingerprint density at radius 2 is 1.86 bits per heavy atom. The lowest BCUT2D eigenvalue weighted by molar-refractivity contribution is -0.122. The van der Waals surface area contributed by atoms with Crippen molar-refractivity contribution in [1.82, 2.24) is 10.3 Å². The zero-order chi connectivity index (χ0) is 15.7. The lowest BCUT2D eigenvalue weighted by Crippen LogP contribution is -2.54. The van der Waals surface area contributed by atoms with Gasteiger partial charge in [-0.3, -0.25) is 19.9 Å². The maximum Gasteiger partial charge on any atom is 0.335 e. The van der Waals surface area contributed by atoms with Crippen molar-refractivity contribution in [2.45, 2.75) is 6.92 Å². The van der Waals surface area contributed by atoms with Gasteiger partial charge in [0.15, 0.2) is 0 Å². The van der Waals surface area contributed by atoms with Gasteiger partial charge in [0.1, 0.15) is 5.57 Å². The van der Waals surface area contributed by atoms with Gasteiger partial charge in [0, 0.05) is 22.1 Å². The second-order valence-electron chi connectivity index (χ2n) is 4.61. The number of nitrogens with one attached hydrogen (secondary N) is 1. The minimum Gasteiger partial charge on any atom is -0.273 e. The van der Waals surface area contributed by atoms with Gasteiger partial charge in [-0.2, -0.15) is 0 Å². The predicted molar refractivity (Wildman–Crippen MR) is 82.3 cm³/mol. The molecular formula is C15H11N3O3S. The van der Waals surface area contributed by atoms with Gasteiger partial charge in [-0.15, -0.1) is 11.3 Å². The molecule has 4 amide bonds. The highest BCUT2D eigenvalue weighted by Gasteiger charge is 2.36. The van der Waals surface area contributed by atoms with E-state index in [4.69, 9.17) is 0 Å². The second kappa shape index (κ2) is 5.53. The number of aryl methyl sites for hydroxylation is 1. The summed E-state index contributed by atoms with van der Waals surface area (Å²) in [6, 6.07) is 6.01. The third kappa shape index (κ3) is 2.53. The van der Waals surface area contributed by atoms with Crippen molar-refractivity contribution < 1.29 is 14.4 Å². The van der Waals surface area contributed by atoms with Crippen LogP contribution in [-0.4, -0.2) is 22.8 Å². The SMILES string of the molecule is Cc1ccc(/C=C2\C(=O)NC(=O)N(c3ccncc3)C2=O)s1. The third-order valence-corrected chi connectivity index (χ3v) is 4.02. The van der Waals surface area contributed by atoms with Crippen LogP contribution in [0.3, 0.4) is 0 Å². The van der Waals surface area contributed by atoms with Crippen LogP contribution >= 0.6 is 11.3 Å². The van der Waals surface area contributed by atoms with E-state index < -0.39 is 17.8 Å². The molecular weight excluding hydrogens is 302 g/mol. The number of carbonyl (C=O) groups is 3. The molecule has 0 unspecified atom stereocenters. The number of imide groups is 2. The molecule has 0 saturated carbocycles. The Morgan fingerprint density at radius 3 is 2.50 bits per heavy atom. The molecule has 1 aliphatic heterocycles. The normalized spacial score (nSPS) is 17.0.